The summed E-state index contributed by atoms with van der Waals surface area (Å²) in [6, 6.07) is 5.88. The molecule has 0 bridgehead atoms. The Morgan fingerprint density at radius 2 is 2.18 bits per heavy atom. The molecule has 0 aromatic carbocycles. The molecule has 3 rings (SSSR count). The van der Waals surface area contributed by atoms with Gasteiger partial charge in [0.1, 0.15) is 0 Å². The van der Waals surface area contributed by atoms with Gasteiger partial charge >= 0.3 is 0 Å². The maximum Gasteiger partial charge on any atom is 0.0701 e. The highest BCUT2D eigenvalue weighted by Gasteiger charge is 2.40. The molecule has 1 aromatic heterocycles. The second-order valence-corrected chi connectivity index (χ2v) is 7.69. The van der Waals surface area contributed by atoms with E-state index in [2.05, 4.69) is 33.0 Å². The Hall–Kier alpha value is 0.1000. The van der Waals surface area contributed by atoms with Crippen molar-refractivity contribution in [2.45, 2.75) is 37.8 Å². The number of piperidine rings is 1. The molecule has 2 heterocycles. The van der Waals surface area contributed by atoms with E-state index in [1.807, 2.05) is 11.3 Å². The van der Waals surface area contributed by atoms with Gasteiger partial charge in [-0.25, -0.2) is 0 Å². The van der Waals surface area contributed by atoms with Crippen molar-refractivity contribution < 1.29 is 0 Å². The Morgan fingerprint density at radius 3 is 2.76 bits per heavy atom. The molecule has 1 aliphatic carbocycles. The van der Waals surface area contributed by atoms with Crippen molar-refractivity contribution in [3.63, 3.8) is 0 Å². The lowest BCUT2D eigenvalue weighted by atomic mass is 9.88. The van der Waals surface area contributed by atoms with Crippen LogP contribution in [0.5, 0.6) is 0 Å². The van der Waals surface area contributed by atoms with Gasteiger partial charge in [-0.15, -0.1) is 11.3 Å². The number of nitrogens with zero attached hydrogens (tertiary/aromatic N) is 1. The fourth-order valence-electron chi connectivity index (χ4n) is 3.05. The average molecular weight is 315 g/mol. The highest BCUT2D eigenvalue weighted by Crippen LogP contribution is 2.44. The second-order valence-electron chi connectivity index (χ2n) is 5.19. The molecule has 0 spiro atoms. The molecule has 4 heteroatoms. The highest BCUT2D eigenvalue weighted by molar-refractivity contribution is 9.11. The van der Waals surface area contributed by atoms with Crippen LogP contribution in [0.4, 0.5) is 0 Å². The van der Waals surface area contributed by atoms with Gasteiger partial charge in [0.05, 0.1) is 3.79 Å². The number of thiophene rings is 1. The SMILES string of the molecule is NCC1CCCN(C2CC2)C1c1ccc(Br)s1. The third-order valence-corrected chi connectivity index (χ3v) is 5.69. The summed E-state index contributed by atoms with van der Waals surface area (Å²) >= 11 is 5.46. The van der Waals surface area contributed by atoms with E-state index in [-0.39, 0.29) is 0 Å². The molecule has 1 aliphatic heterocycles. The smallest absolute Gasteiger partial charge is 0.0701 e. The Bertz CT molecular complexity index is 389. The van der Waals surface area contributed by atoms with E-state index in [1.165, 1.54) is 40.9 Å². The second kappa shape index (κ2) is 5.00. The number of rotatable bonds is 3. The van der Waals surface area contributed by atoms with Gasteiger partial charge in [0.2, 0.25) is 0 Å². The van der Waals surface area contributed by atoms with Gasteiger partial charge in [-0.2, -0.15) is 0 Å². The minimum atomic E-state index is 0.581. The van der Waals surface area contributed by atoms with E-state index in [9.17, 15) is 0 Å². The Balaban J connectivity index is 1.88. The largest absolute Gasteiger partial charge is 0.330 e. The van der Waals surface area contributed by atoms with Crippen LogP contribution in [0, 0.1) is 5.92 Å². The number of halogens is 1. The highest BCUT2D eigenvalue weighted by atomic mass is 79.9. The predicted octanol–water partition coefficient (Wildman–Crippen LogP) is 3.38. The zero-order valence-corrected chi connectivity index (χ0v) is 12.3. The lowest BCUT2D eigenvalue weighted by molar-refractivity contribution is 0.0904. The van der Waals surface area contributed by atoms with Gasteiger partial charge in [-0.05, 0) is 72.8 Å². The van der Waals surface area contributed by atoms with Crippen LogP contribution in [-0.2, 0) is 0 Å². The maximum atomic E-state index is 5.99. The topological polar surface area (TPSA) is 29.3 Å². The molecule has 0 radical (unpaired) electrons. The van der Waals surface area contributed by atoms with E-state index in [1.54, 1.807) is 0 Å². The summed E-state index contributed by atoms with van der Waals surface area (Å²) in [5, 5.41) is 0. The molecular formula is C13H19BrN2S. The number of hydrogen-bond acceptors (Lipinski definition) is 3. The lowest BCUT2D eigenvalue weighted by Crippen LogP contribution is -2.42. The normalized spacial score (nSPS) is 30.7. The molecule has 1 saturated heterocycles. The predicted molar refractivity (Wildman–Crippen MR) is 76.3 cm³/mol. The van der Waals surface area contributed by atoms with Crippen LogP contribution in [0.1, 0.15) is 36.6 Å². The summed E-state index contributed by atoms with van der Waals surface area (Å²) in [7, 11) is 0. The zero-order chi connectivity index (χ0) is 11.8. The van der Waals surface area contributed by atoms with Crippen LogP contribution in [-0.4, -0.2) is 24.0 Å². The molecule has 17 heavy (non-hydrogen) atoms. The zero-order valence-electron chi connectivity index (χ0n) is 9.94. The van der Waals surface area contributed by atoms with Gasteiger partial charge in [-0.3, -0.25) is 4.90 Å². The van der Waals surface area contributed by atoms with E-state index >= 15 is 0 Å². The van der Waals surface area contributed by atoms with Gasteiger partial charge in [-0.1, -0.05) is 0 Å². The molecule has 2 N–H and O–H groups in total. The van der Waals surface area contributed by atoms with E-state index in [0.29, 0.717) is 12.0 Å². The van der Waals surface area contributed by atoms with E-state index < -0.39 is 0 Å². The number of nitrogens with two attached hydrogens (primary N) is 1. The molecule has 2 aliphatic rings. The first-order valence-electron chi connectivity index (χ1n) is 6.50. The van der Waals surface area contributed by atoms with Crippen LogP contribution in [0.15, 0.2) is 15.9 Å². The number of hydrogen-bond donors (Lipinski definition) is 1. The molecule has 2 fully saturated rings. The molecular weight excluding hydrogens is 296 g/mol. The van der Waals surface area contributed by atoms with Gasteiger partial charge in [0, 0.05) is 17.0 Å². The van der Waals surface area contributed by atoms with Crippen molar-refractivity contribution in [3.8, 4) is 0 Å². The summed E-state index contributed by atoms with van der Waals surface area (Å²) in [6.45, 7) is 2.09. The van der Waals surface area contributed by atoms with Crippen molar-refractivity contribution in [1.29, 1.82) is 0 Å². The van der Waals surface area contributed by atoms with Crippen molar-refractivity contribution in [2.75, 3.05) is 13.1 Å². The van der Waals surface area contributed by atoms with Crippen molar-refractivity contribution in [3.05, 3.63) is 20.8 Å². The maximum absolute atomic E-state index is 5.99. The van der Waals surface area contributed by atoms with Crippen LogP contribution >= 0.6 is 27.3 Å². The fourth-order valence-corrected chi connectivity index (χ4v) is 4.69. The fraction of sp³-hybridized carbons (Fsp3) is 0.692. The summed E-state index contributed by atoms with van der Waals surface area (Å²) in [4.78, 5) is 4.22. The first-order chi connectivity index (χ1) is 8.29. The minimum absolute atomic E-state index is 0.581. The van der Waals surface area contributed by atoms with E-state index in [0.717, 1.165) is 12.6 Å². The number of likely N-dealkylation sites (tertiary alicyclic amines) is 1. The van der Waals surface area contributed by atoms with Gasteiger partial charge in [0.15, 0.2) is 0 Å². The summed E-state index contributed by atoms with van der Waals surface area (Å²) in [5.41, 5.74) is 5.99. The van der Waals surface area contributed by atoms with Crippen LogP contribution < -0.4 is 5.73 Å². The lowest BCUT2D eigenvalue weighted by Gasteiger charge is -2.41. The third kappa shape index (κ3) is 2.46. The first-order valence-corrected chi connectivity index (χ1v) is 8.11. The van der Waals surface area contributed by atoms with Crippen LogP contribution in [0.3, 0.4) is 0 Å². The molecule has 2 nitrogen and oxygen atoms in total. The average Bonchev–Trinajstić information content (AvgIpc) is 3.11. The van der Waals surface area contributed by atoms with Crippen molar-refractivity contribution >= 4 is 27.3 Å². The third-order valence-electron chi connectivity index (χ3n) is 4.00. The quantitative estimate of drug-likeness (QED) is 0.926. The molecule has 1 aromatic rings. The van der Waals surface area contributed by atoms with E-state index in [4.69, 9.17) is 5.73 Å². The van der Waals surface area contributed by atoms with Crippen molar-refractivity contribution in [2.24, 2.45) is 11.7 Å². The Morgan fingerprint density at radius 1 is 1.35 bits per heavy atom. The Labute approximate surface area is 115 Å². The summed E-state index contributed by atoms with van der Waals surface area (Å²) in [6.07, 6.45) is 5.39. The standard InChI is InChI=1S/C13H19BrN2S/c14-12-6-5-11(17-12)13-9(8-15)2-1-7-16(13)10-3-4-10/h5-6,9-10,13H,1-4,7-8,15H2. The van der Waals surface area contributed by atoms with Gasteiger partial charge < -0.3 is 5.73 Å². The molecule has 0 amide bonds. The summed E-state index contributed by atoms with van der Waals surface area (Å²) < 4.78 is 1.24. The monoisotopic (exact) mass is 314 g/mol. The molecule has 2 atom stereocenters. The minimum Gasteiger partial charge on any atom is -0.330 e. The Kier molecular flexibility index (Phi) is 3.57. The van der Waals surface area contributed by atoms with Gasteiger partial charge in [0.25, 0.3) is 0 Å². The molecule has 2 unspecified atom stereocenters. The van der Waals surface area contributed by atoms with Crippen molar-refractivity contribution in [1.82, 2.24) is 4.90 Å². The summed E-state index contributed by atoms with van der Waals surface area (Å²) in [5.74, 6) is 0.648. The molecule has 1 saturated carbocycles. The van der Waals surface area contributed by atoms with Crippen LogP contribution in [0.2, 0.25) is 0 Å². The van der Waals surface area contributed by atoms with Crippen LogP contribution in [0.25, 0.3) is 0 Å². The molecule has 94 valence electrons. The first kappa shape index (κ1) is 12.2.